The quantitative estimate of drug-likeness (QED) is 0.00889. The van der Waals surface area contributed by atoms with Crippen LogP contribution in [0.2, 0.25) is 0 Å². The molecule has 2 heterocycles. The summed E-state index contributed by atoms with van der Waals surface area (Å²) in [6.07, 6.45) is 34.0. The standard InChI is InChI=1S/C93H169O25P/c1-5-9-13-17-21-25-29-33-37-41-45-49-53-57-61-65-76(95)109-70-73(112-78(97)67-63-59-55-51-47-43-39-35-31-27-23-19-15-11-7-3)71-111-119(107,108)118-91-89(116-92-86(105)82(101)80(99)74(69-94)113-92)85(104)84(103)88(115-79(98)68-64-60-56-52-48-44-40-36-32-28-24-20-16-12-8-4)90(91)117-93-87(106)83(102)81(100)75(114-93)72-110-77(96)66-62-58-54-50-46-42-38-34-30-26-22-18-14-10-6-2/h25-27,29-31,73-75,80-94,99-106H,5-24,28,32-72H2,1-4H3,(H,107,108)/b29-25-,30-26-,31-27-. The molecule has 0 amide bonds. The van der Waals surface area contributed by atoms with E-state index in [0.717, 1.165) is 180 Å². The number of aliphatic hydroxyl groups excluding tert-OH is 9. The largest absolute Gasteiger partial charge is 0.472 e. The number of rotatable bonds is 77. The number of unbranched alkanes of at least 4 members (excludes halogenated alkanes) is 47. The topological polar surface area (TPSA) is 380 Å². The van der Waals surface area contributed by atoms with Crippen molar-refractivity contribution in [3.05, 3.63) is 36.5 Å². The second-order valence-corrected chi connectivity index (χ2v) is 35.3. The number of aliphatic hydroxyl groups is 9. The Balaban J connectivity index is 1.91. The highest BCUT2D eigenvalue weighted by Gasteiger charge is 2.60. The Hall–Kier alpha value is -3.31. The van der Waals surface area contributed by atoms with Crippen molar-refractivity contribution in [3.63, 3.8) is 0 Å². The van der Waals surface area contributed by atoms with Crippen molar-refractivity contribution in [2.75, 3.05) is 26.4 Å². The van der Waals surface area contributed by atoms with Crippen molar-refractivity contribution >= 4 is 31.7 Å². The van der Waals surface area contributed by atoms with Crippen LogP contribution in [0.3, 0.4) is 0 Å². The number of hydrogen-bond donors (Lipinski definition) is 10. The van der Waals surface area contributed by atoms with Crippen molar-refractivity contribution < 1.29 is 122 Å². The van der Waals surface area contributed by atoms with Crippen LogP contribution >= 0.6 is 7.82 Å². The van der Waals surface area contributed by atoms with Crippen LogP contribution in [-0.4, -0.2) is 205 Å². The van der Waals surface area contributed by atoms with Gasteiger partial charge in [0.05, 0.1) is 13.2 Å². The Morgan fingerprint density at radius 3 is 1.01 bits per heavy atom. The molecule has 18 atom stereocenters. The van der Waals surface area contributed by atoms with Gasteiger partial charge >= 0.3 is 31.7 Å². The van der Waals surface area contributed by atoms with Crippen molar-refractivity contribution in [2.24, 2.45) is 0 Å². The Labute approximate surface area is 717 Å². The second-order valence-electron chi connectivity index (χ2n) is 33.9. The first kappa shape index (κ1) is 110. The number of allylic oxidation sites excluding steroid dienone is 6. The molecule has 3 rings (SSSR count). The molecule has 0 aromatic carbocycles. The molecule has 0 radical (unpaired) electrons. The van der Waals surface area contributed by atoms with Crippen LogP contribution in [0.25, 0.3) is 0 Å². The molecular formula is C93H169O25P. The van der Waals surface area contributed by atoms with Gasteiger partial charge in [-0.15, -0.1) is 0 Å². The van der Waals surface area contributed by atoms with Gasteiger partial charge in [-0.25, -0.2) is 4.57 Å². The smallest absolute Gasteiger partial charge is 0.463 e. The van der Waals surface area contributed by atoms with E-state index in [2.05, 4.69) is 64.2 Å². The number of ether oxygens (including phenoxy) is 8. The van der Waals surface area contributed by atoms with Crippen LogP contribution in [-0.2, 0) is 70.7 Å². The summed E-state index contributed by atoms with van der Waals surface area (Å²) in [5.41, 5.74) is 0. The van der Waals surface area contributed by atoms with Crippen molar-refractivity contribution in [2.45, 2.75) is 504 Å². The summed E-state index contributed by atoms with van der Waals surface area (Å²) in [7, 11) is -5.81. The number of hydrogen-bond acceptors (Lipinski definition) is 24. The van der Waals surface area contributed by atoms with E-state index in [9.17, 15) is 74.6 Å². The van der Waals surface area contributed by atoms with Gasteiger partial charge in [-0.3, -0.25) is 28.2 Å². The van der Waals surface area contributed by atoms with E-state index < -0.39 is 162 Å². The summed E-state index contributed by atoms with van der Waals surface area (Å²) in [6, 6.07) is 0. The Morgan fingerprint density at radius 1 is 0.328 bits per heavy atom. The van der Waals surface area contributed by atoms with Gasteiger partial charge in [0, 0.05) is 25.7 Å². The van der Waals surface area contributed by atoms with Crippen LogP contribution in [0, 0.1) is 0 Å². The van der Waals surface area contributed by atoms with Gasteiger partial charge in [-0.1, -0.05) is 308 Å². The van der Waals surface area contributed by atoms with Crippen LogP contribution in [0.1, 0.15) is 400 Å². The zero-order valence-electron chi connectivity index (χ0n) is 74.2. The zero-order chi connectivity index (χ0) is 86.8. The third kappa shape index (κ3) is 51.8. The maximum absolute atomic E-state index is 14.9. The predicted octanol–water partition coefficient (Wildman–Crippen LogP) is 17.9. The molecule has 1 saturated carbocycles. The van der Waals surface area contributed by atoms with E-state index in [0.29, 0.717) is 38.5 Å². The Kier molecular flexibility index (Phi) is 66.3. The van der Waals surface area contributed by atoms with Gasteiger partial charge in [0.15, 0.2) is 24.8 Å². The molecule has 26 heteroatoms. The minimum absolute atomic E-state index is 0.00868. The summed E-state index contributed by atoms with van der Waals surface area (Å²) < 4.78 is 73.5. The van der Waals surface area contributed by atoms with Gasteiger partial charge in [-0.2, -0.15) is 0 Å². The second kappa shape index (κ2) is 71.8. The third-order valence-corrected chi connectivity index (χ3v) is 24.1. The molecule has 0 spiro atoms. The van der Waals surface area contributed by atoms with Crippen molar-refractivity contribution in [3.8, 4) is 0 Å². The molecule has 1 aliphatic carbocycles. The average molecular weight is 1720 g/mol. The van der Waals surface area contributed by atoms with Crippen LogP contribution in [0.5, 0.6) is 0 Å². The van der Waals surface area contributed by atoms with Crippen LogP contribution in [0.15, 0.2) is 36.5 Å². The van der Waals surface area contributed by atoms with Gasteiger partial charge in [-0.05, 0) is 103 Å². The number of carbonyl (C=O) groups excluding carboxylic acids is 4. The molecule has 0 bridgehead atoms. The molecule has 10 N–H and O–H groups in total. The molecule has 0 aromatic rings. The maximum Gasteiger partial charge on any atom is 0.472 e. The van der Waals surface area contributed by atoms with Gasteiger partial charge in [0.25, 0.3) is 0 Å². The maximum atomic E-state index is 14.9. The van der Waals surface area contributed by atoms with Gasteiger partial charge < -0.3 is 88.7 Å². The highest BCUT2D eigenvalue weighted by Crippen LogP contribution is 2.49. The molecule has 2 aliphatic heterocycles. The van der Waals surface area contributed by atoms with E-state index >= 15 is 0 Å². The lowest BCUT2D eigenvalue weighted by Gasteiger charge is -2.50. The number of carbonyl (C=O) groups is 4. The lowest BCUT2D eigenvalue weighted by atomic mass is 9.84. The van der Waals surface area contributed by atoms with Crippen molar-refractivity contribution in [1.82, 2.24) is 0 Å². The molecule has 119 heavy (non-hydrogen) atoms. The zero-order valence-corrected chi connectivity index (χ0v) is 75.1. The average Bonchev–Trinajstić information content (AvgIpc) is 0.754. The number of phosphoric ester groups is 1. The first-order valence-electron chi connectivity index (χ1n) is 47.7. The summed E-state index contributed by atoms with van der Waals surface area (Å²) in [5, 5.41) is 102. The third-order valence-electron chi connectivity index (χ3n) is 23.1. The highest BCUT2D eigenvalue weighted by atomic mass is 31.2. The molecule has 2 saturated heterocycles. The molecule has 3 fully saturated rings. The minimum atomic E-state index is -5.81. The summed E-state index contributed by atoms with van der Waals surface area (Å²) >= 11 is 0. The fraction of sp³-hybridized carbons (Fsp3) is 0.892. The van der Waals surface area contributed by atoms with E-state index in [4.69, 9.17) is 46.9 Å². The van der Waals surface area contributed by atoms with Gasteiger partial charge in [0.2, 0.25) is 0 Å². The number of esters is 4. The van der Waals surface area contributed by atoms with Gasteiger partial charge in [0.1, 0.15) is 92.6 Å². The molecule has 0 aromatic heterocycles. The summed E-state index contributed by atoms with van der Waals surface area (Å²) in [6.45, 7) is 5.56. The van der Waals surface area contributed by atoms with Crippen LogP contribution in [0.4, 0.5) is 0 Å². The van der Waals surface area contributed by atoms with Crippen molar-refractivity contribution in [1.29, 1.82) is 0 Å². The van der Waals surface area contributed by atoms with E-state index in [1.54, 1.807) is 0 Å². The monoisotopic (exact) mass is 1720 g/mol. The summed E-state index contributed by atoms with van der Waals surface area (Å²) in [4.78, 5) is 66.5. The highest BCUT2D eigenvalue weighted by molar-refractivity contribution is 7.47. The fourth-order valence-corrected chi connectivity index (χ4v) is 16.4. The first-order valence-corrected chi connectivity index (χ1v) is 49.2. The Bertz CT molecular complexity index is 2610. The summed E-state index contributed by atoms with van der Waals surface area (Å²) in [5.74, 6) is -2.98. The van der Waals surface area contributed by atoms with E-state index in [1.807, 2.05) is 0 Å². The predicted molar refractivity (Wildman–Crippen MR) is 462 cm³/mol. The molecular weight excluding hydrogens is 1550 g/mol. The van der Waals surface area contributed by atoms with E-state index in [1.165, 1.54) is 128 Å². The molecule has 3 aliphatic rings. The SMILES string of the molecule is CCCCCC/C=C\CCCCCCCCCC(=O)OCC(COP(=O)(O)OC1C(OC2OC(CO)C(O)C(O)C2O)C(O)C(O)C(OC(=O)CCCCCCCCCCCCCCCCC)C1OC1OC(COC(=O)CCCCCCCCC/C=C\CCCCCC)C(O)C(O)C1O)OC(=O)CCCCCCCCC/C=C\CCCCCC. The lowest BCUT2D eigenvalue weighted by Crippen LogP contribution is -2.70. The normalized spacial score (nSPS) is 25.0. The van der Waals surface area contributed by atoms with Crippen LogP contribution < -0.4 is 0 Å². The van der Waals surface area contributed by atoms with E-state index in [-0.39, 0.29) is 25.7 Å². The molecule has 696 valence electrons. The molecule has 25 nitrogen and oxygen atoms in total. The lowest BCUT2D eigenvalue weighted by molar-refractivity contribution is -0.360. The minimum Gasteiger partial charge on any atom is -0.463 e. The Morgan fingerprint density at radius 2 is 0.630 bits per heavy atom. The number of phosphoric acid groups is 1. The fourth-order valence-electron chi connectivity index (χ4n) is 15.5. The molecule has 18 unspecified atom stereocenters. The first-order chi connectivity index (χ1) is 57.7.